The van der Waals surface area contributed by atoms with E-state index in [9.17, 15) is 17.2 Å². The van der Waals surface area contributed by atoms with E-state index in [-0.39, 0.29) is 22.8 Å². The lowest BCUT2D eigenvalue weighted by Crippen LogP contribution is -2.51. The van der Waals surface area contributed by atoms with Gasteiger partial charge in [0.15, 0.2) is 0 Å². The molecule has 0 radical (unpaired) electrons. The fourth-order valence-electron chi connectivity index (χ4n) is 3.39. The molecule has 3 rings (SSSR count). The zero-order valence-electron chi connectivity index (χ0n) is 15.1. The molecule has 2 aromatic carbocycles. The van der Waals surface area contributed by atoms with Crippen molar-refractivity contribution < 1.29 is 26.7 Å². The number of ether oxygens (including phenoxy) is 2. The van der Waals surface area contributed by atoms with E-state index in [1.807, 2.05) is 0 Å². The summed E-state index contributed by atoms with van der Waals surface area (Å²) in [6, 6.07) is 8.18. The summed E-state index contributed by atoms with van der Waals surface area (Å²) in [6.45, 7) is 0.222. The molecule has 2 aromatic rings. The first-order chi connectivity index (χ1) is 12.8. The highest BCUT2D eigenvalue weighted by Crippen LogP contribution is 2.45. The minimum Gasteiger partial charge on any atom is -0.495 e. The van der Waals surface area contributed by atoms with Gasteiger partial charge in [0.25, 0.3) is 0 Å². The van der Waals surface area contributed by atoms with Crippen LogP contribution in [0.1, 0.15) is 30.4 Å². The van der Waals surface area contributed by atoms with Crippen molar-refractivity contribution in [1.82, 2.24) is 4.72 Å². The molecule has 0 saturated heterocycles. The van der Waals surface area contributed by atoms with Crippen LogP contribution in [0.3, 0.4) is 0 Å². The van der Waals surface area contributed by atoms with E-state index in [1.54, 1.807) is 6.07 Å². The molecule has 1 aliphatic carbocycles. The Hall–Kier alpha value is -2.03. The van der Waals surface area contributed by atoms with Crippen molar-refractivity contribution in [1.29, 1.82) is 0 Å². The molecule has 1 aliphatic rings. The van der Waals surface area contributed by atoms with Crippen LogP contribution in [0.15, 0.2) is 41.3 Å². The number of hydrogen-bond donors (Lipinski definition) is 1. The molecule has 0 aliphatic heterocycles. The maximum Gasteiger partial charge on any atom is 0.245 e. The van der Waals surface area contributed by atoms with E-state index in [1.165, 1.54) is 32.4 Å². The van der Waals surface area contributed by atoms with Gasteiger partial charge in [-0.05, 0) is 49.1 Å². The second-order valence-corrected chi connectivity index (χ2v) is 8.21. The second-order valence-electron chi connectivity index (χ2n) is 6.56. The Kier molecular flexibility index (Phi) is 5.50. The van der Waals surface area contributed by atoms with E-state index in [0.29, 0.717) is 24.8 Å². The van der Waals surface area contributed by atoms with Crippen molar-refractivity contribution >= 4 is 10.0 Å². The number of nitrogens with one attached hydrogen (secondary N) is 1. The summed E-state index contributed by atoms with van der Waals surface area (Å²) in [6.07, 6.45) is 1.28. The molecule has 0 unspecified atom stereocenters. The Morgan fingerprint density at radius 2 is 1.78 bits per heavy atom. The highest BCUT2D eigenvalue weighted by Gasteiger charge is 2.46. The summed E-state index contributed by atoms with van der Waals surface area (Å²) in [7, 11) is -1.25. The Morgan fingerprint density at radius 1 is 1.11 bits per heavy atom. The normalized spacial score (nSPS) is 16.0. The monoisotopic (exact) mass is 397 g/mol. The molecule has 1 fully saturated rings. The number of benzene rings is 2. The summed E-state index contributed by atoms with van der Waals surface area (Å²) in [5, 5.41) is 0. The molecule has 146 valence electrons. The molecule has 8 heteroatoms. The van der Waals surface area contributed by atoms with Crippen LogP contribution < -0.4 is 9.46 Å². The lowest BCUT2D eigenvalue weighted by atomic mass is 9.72. The average Bonchev–Trinajstić information content (AvgIpc) is 2.59. The van der Waals surface area contributed by atoms with Crippen molar-refractivity contribution in [2.24, 2.45) is 0 Å². The maximum absolute atomic E-state index is 14.3. The van der Waals surface area contributed by atoms with Gasteiger partial charge in [-0.1, -0.05) is 12.1 Å². The predicted molar refractivity (Wildman–Crippen MR) is 95.9 cm³/mol. The van der Waals surface area contributed by atoms with Crippen molar-refractivity contribution in [3.8, 4) is 5.75 Å². The van der Waals surface area contributed by atoms with Gasteiger partial charge in [0.05, 0.1) is 19.3 Å². The predicted octanol–water partition coefficient (Wildman–Crippen LogP) is 3.48. The van der Waals surface area contributed by atoms with Crippen LogP contribution in [0.5, 0.6) is 5.75 Å². The standard InChI is InChI=1S/C19H21F2NO4S/c1-25-12-13-7-8-16(26-2)17(11-13)27(23,24)22-19(9-4-10-19)18-14(20)5-3-6-15(18)21/h3,5-8,11,22H,4,9-10,12H2,1-2H3. The van der Waals surface area contributed by atoms with Gasteiger partial charge in [-0.3, -0.25) is 0 Å². The Bertz CT molecular complexity index is 922. The van der Waals surface area contributed by atoms with Crippen LogP contribution in [-0.4, -0.2) is 22.6 Å². The first-order valence-electron chi connectivity index (χ1n) is 8.47. The van der Waals surface area contributed by atoms with Crippen molar-refractivity contribution in [2.45, 2.75) is 36.3 Å². The van der Waals surface area contributed by atoms with Gasteiger partial charge < -0.3 is 9.47 Å². The quantitative estimate of drug-likeness (QED) is 0.777. The summed E-state index contributed by atoms with van der Waals surface area (Å²) in [5.74, 6) is -1.39. The van der Waals surface area contributed by atoms with Gasteiger partial charge >= 0.3 is 0 Å². The van der Waals surface area contributed by atoms with E-state index in [0.717, 1.165) is 12.1 Å². The topological polar surface area (TPSA) is 64.6 Å². The molecule has 27 heavy (non-hydrogen) atoms. The van der Waals surface area contributed by atoms with Gasteiger partial charge in [0.2, 0.25) is 10.0 Å². The molecule has 0 atom stereocenters. The van der Waals surface area contributed by atoms with Gasteiger partial charge in [0.1, 0.15) is 22.3 Å². The number of halogens is 2. The Labute approximate surface area is 157 Å². The molecule has 1 saturated carbocycles. The lowest BCUT2D eigenvalue weighted by Gasteiger charge is -2.42. The molecule has 0 bridgehead atoms. The number of hydrogen-bond acceptors (Lipinski definition) is 4. The van der Waals surface area contributed by atoms with Crippen LogP contribution in [0.25, 0.3) is 0 Å². The Balaban J connectivity index is 2.04. The zero-order chi connectivity index (χ0) is 19.7. The Morgan fingerprint density at radius 3 is 2.30 bits per heavy atom. The van der Waals surface area contributed by atoms with Crippen molar-refractivity contribution in [3.63, 3.8) is 0 Å². The van der Waals surface area contributed by atoms with Crippen LogP contribution in [0, 0.1) is 11.6 Å². The van der Waals surface area contributed by atoms with Crippen molar-refractivity contribution in [2.75, 3.05) is 14.2 Å². The van der Waals surface area contributed by atoms with Crippen LogP contribution in [-0.2, 0) is 26.9 Å². The first kappa shape index (κ1) is 19.7. The molecule has 0 heterocycles. The van der Waals surface area contributed by atoms with Gasteiger partial charge in [0, 0.05) is 12.7 Å². The third-order valence-corrected chi connectivity index (χ3v) is 6.36. The number of rotatable bonds is 7. The molecule has 0 aromatic heterocycles. The molecule has 0 amide bonds. The van der Waals surface area contributed by atoms with E-state index in [2.05, 4.69) is 4.72 Å². The minimum absolute atomic E-state index is 0.0948. The highest BCUT2D eigenvalue weighted by atomic mass is 32.2. The summed E-state index contributed by atoms with van der Waals surface area (Å²) < 4.78 is 67.6. The maximum atomic E-state index is 14.3. The smallest absolute Gasteiger partial charge is 0.245 e. The number of sulfonamides is 1. The molecule has 0 spiro atoms. The number of methoxy groups -OCH3 is 2. The van der Waals surface area contributed by atoms with E-state index in [4.69, 9.17) is 9.47 Å². The van der Waals surface area contributed by atoms with E-state index >= 15 is 0 Å². The van der Waals surface area contributed by atoms with Crippen molar-refractivity contribution in [3.05, 3.63) is 59.2 Å². The third-order valence-electron chi connectivity index (χ3n) is 4.81. The lowest BCUT2D eigenvalue weighted by molar-refractivity contribution is 0.184. The summed E-state index contributed by atoms with van der Waals surface area (Å²) in [4.78, 5) is -0.0948. The van der Waals surface area contributed by atoms with Crippen LogP contribution >= 0.6 is 0 Å². The van der Waals surface area contributed by atoms with Gasteiger partial charge in [-0.25, -0.2) is 21.9 Å². The zero-order valence-corrected chi connectivity index (χ0v) is 15.9. The molecule has 1 N–H and O–H groups in total. The third kappa shape index (κ3) is 3.69. The van der Waals surface area contributed by atoms with Gasteiger partial charge in [-0.2, -0.15) is 0 Å². The van der Waals surface area contributed by atoms with E-state index < -0.39 is 27.2 Å². The molecule has 5 nitrogen and oxygen atoms in total. The highest BCUT2D eigenvalue weighted by molar-refractivity contribution is 7.89. The average molecular weight is 397 g/mol. The second kappa shape index (κ2) is 7.53. The largest absolute Gasteiger partial charge is 0.495 e. The fourth-order valence-corrected chi connectivity index (χ4v) is 5.04. The first-order valence-corrected chi connectivity index (χ1v) is 9.95. The summed E-state index contributed by atoms with van der Waals surface area (Å²) in [5.41, 5.74) is -0.915. The van der Waals surface area contributed by atoms with Crippen LogP contribution in [0.2, 0.25) is 0 Å². The van der Waals surface area contributed by atoms with Gasteiger partial charge in [-0.15, -0.1) is 0 Å². The molecular formula is C19H21F2NO4S. The molecular weight excluding hydrogens is 376 g/mol. The minimum atomic E-state index is -4.11. The fraction of sp³-hybridized carbons (Fsp3) is 0.368. The van der Waals surface area contributed by atoms with Crippen LogP contribution in [0.4, 0.5) is 8.78 Å². The summed E-state index contributed by atoms with van der Waals surface area (Å²) >= 11 is 0. The SMILES string of the molecule is COCc1ccc(OC)c(S(=O)(=O)NC2(c3c(F)cccc3F)CCC2)c1.